The lowest BCUT2D eigenvalue weighted by molar-refractivity contribution is 0.0954. The molecule has 0 aliphatic carbocycles. The van der Waals surface area contributed by atoms with E-state index in [2.05, 4.69) is 10.5 Å². The molecule has 0 fully saturated rings. The second-order valence-electron chi connectivity index (χ2n) is 5.13. The number of ether oxygens (including phenoxy) is 4. The number of amides is 1. The lowest BCUT2D eigenvalue weighted by Gasteiger charge is -2.13. The Morgan fingerprint density at radius 3 is 2.26 bits per heavy atom. The maximum Gasteiger partial charge on any atom is 0.271 e. The van der Waals surface area contributed by atoms with Crippen LogP contribution in [0.5, 0.6) is 23.0 Å². The monoisotopic (exact) mass is 369 g/mol. The number of benzene rings is 2. The summed E-state index contributed by atoms with van der Waals surface area (Å²) < 4.78 is 20.8. The third-order valence-corrected chi connectivity index (χ3v) is 3.49. The Bertz CT molecular complexity index is 832. The molecule has 0 unspecified atom stereocenters. The predicted octanol–water partition coefficient (Wildman–Crippen LogP) is 2.38. The standard InChI is InChI=1S/C19H19N3O5/c1-24-16-10-14(11-17(25-2)18(16)26-3)19(23)22-21-12-13-4-6-15(7-5-13)27-9-8-20/h4-7,10-12H,9H2,1-3H3,(H,22,23)/b21-12-. The van der Waals surface area contributed by atoms with E-state index >= 15 is 0 Å². The second-order valence-corrected chi connectivity index (χ2v) is 5.13. The quantitative estimate of drug-likeness (QED) is 0.566. The molecule has 8 heteroatoms. The molecule has 0 bridgehead atoms. The molecule has 0 saturated carbocycles. The van der Waals surface area contributed by atoms with E-state index in [9.17, 15) is 4.79 Å². The van der Waals surface area contributed by atoms with Crippen LogP contribution in [0.3, 0.4) is 0 Å². The predicted molar refractivity (Wildman–Crippen MR) is 98.7 cm³/mol. The summed E-state index contributed by atoms with van der Waals surface area (Å²) in [7, 11) is 4.43. The zero-order valence-corrected chi connectivity index (χ0v) is 15.2. The lowest BCUT2D eigenvalue weighted by atomic mass is 10.1. The van der Waals surface area contributed by atoms with E-state index in [0.29, 0.717) is 28.6 Å². The Kier molecular flexibility index (Phi) is 7.02. The highest BCUT2D eigenvalue weighted by Crippen LogP contribution is 2.38. The lowest BCUT2D eigenvalue weighted by Crippen LogP contribution is -2.18. The fraction of sp³-hybridized carbons (Fsp3) is 0.211. The molecule has 0 spiro atoms. The van der Waals surface area contributed by atoms with Gasteiger partial charge in [0.05, 0.1) is 27.5 Å². The average molecular weight is 369 g/mol. The first-order valence-corrected chi connectivity index (χ1v) is 7.86. The van der Waals surface area contributed by atoms with Crippen LogP contribution >= 0.6 is 0 Å². The molecule has 0 heterocycles. The van der Waals surface area contributed by atoms with E-state index in [4.69, 9.17) is 24.2 Å². The molecule has 0 aliphatic rings. The number of rotatable bonds is 8. The van der Waals surface area contributed by atoms with Crippen LogP contribution in [-0.4, -0.2) is 40.1 Å². The Morgan fingerprint density at radius 1 is 1.11 bits per heavy atom. The summed E-state index contributed by atoms with van der Waals surface area (Å²) in [5, 5.41) is 12.4. The van der Waals surface area contributed by atoms with Crippen molar-refractivity contribution in [3.05, 3.63) is 47.5 Å². The van der Waals surface area contributed by atoms with Crippen molar-refractivity contribution in [3.8, 4) is 29.1 Å². The molecule has 0 atom stereocenters. The van der Waals surface area contributed by atoms with Gasteiger partial charge in [-0.2, -0.15) is 10.4 Å². The molecule has 0 saturated heterocycles. The van der Waals surface area contributed by atoms with Crippen molar-refractivity contribution in [1.29, 1.82) is 5.26 Å². The zero-order valence-electron chi connectivity index (χ0n) is 15.2. The summed E-state index contributed by atoms with van der Waals surface area (Å²) >= 11 is 0. The molecular formula is C19H19N3O5. The van der Waals surface area contributed by atoms with Crippen molar-refractivity contribution in [2.75, 3.05) is 27.9 Å². The highest BCUT2D eigenvalue weighted by atomic mass is 16.5. The fourth-order valence-electron chi connectivity index (χ4n) is 2.21. The molecule has 27 heavy (non-hydrogen) atoms. The largest absolute Gasteiger partial charge is 0.493 e. The SMILES string of the molecule is COc1cc(C(=O)N/N=C\c2ccc(OCC#N)cc2)cc(OC)c1OC. The van der Waals surface area contributed by atoms with Crippen LogP contribution in [0.4, 0.5) is 0 Å². The van der Waals surface area contributed by atoms with Gasteiger partial charge >= 0.3 is 0 Å². The van der Waals surface area contributed by atoms with Crippen molar-refractivity contribution in [2.24, 2.45) is 5.10 Å². The zero-order chi connectivity index (χ0) is 19.6. The van der Waals surface area contributed by atoms with Gasteiger partial charge in [-0.1, -0.05) is 0 Å². The topological polar surface area (TPSA) is 102 Å². The van der Waals surface area contributed by atoms with E-state index < -0.39 is 5.91 Å². The van der Waals surface area contributed by atoms with Crippen molar-refractivity contribution >= 4 is 12.1 Å². The first kappa shape index (κ1) is 19.6. The second kappa shape index (κ2) is 9.68. The van der Waals surface area contributed by atoms with Crippen molar-refractivity contribution in [2.45, 2.75) is 0 Å². The number of hydrogen-bond donors (Lipinski definition) is 1. The van der Waals surface area contributed by atoms with Crippen LogP contribution in [0.1, 0.15) is 15.9 Å². The van der Waals surface area contributed by atoms with Gasteiger partial charge in [0.15, 0.2) is 18.1 Å². The van der Waals surface area contributed by atoms with Gasteiger partial charge in [0.1, 0.15) is 11.8 Å². The molecule has 2 aromatic carbocycles. The van der Waals surface area contributed by atoms with E-state index in [1.54, 1.807) is 24.3 Å². The summed E-state index contributed by atoms with van der Waals surface area (Å²) in [6.07, 6.45) is 1.49. The number of methoxy groups -OCH3 is 3. The third kappa shape index (κ3) is 5.12. The maximum atomic E-state index is 12.3. The Balaban J connectivity index is 2.07. The fourth-order valence-corrected chi connectivity index (χ4v) is 2.21. The Morgan fingerprint density at radius 2 is 1.74 bits per heavy atom. The van der Waals surface area contributed by atoms with Gasteiger partial charge in [-0.15, -0.1) is 0 Å². The molecule has 8 nitrogen and oxygen atoms in total. The highest BCUT2D eigenvalue weighted by Gasteiger charge is 2.16. The van der Waals surface area contributed by atoms with Crippen LogP contribution in [0.2, 0.25) is 0 Å². The van der Waals surface area contributed by atoms with E-state index in [1.807, 2.05) is 6.07 Å². The van der Waals surface area contributed by atoms with Crippen LogP contribution in [0.15, 0.2) is 41.5 Å². The first-order valence-electron chi connectivity index (χ1n) is 7.86. The summed E-state index contributed by atoms with van der Waals surface area (Å²) in [6, 6.07) is 11.9. The van der Waals surface area contributed by atoms with Crippen LogP contribution < -0.4 is 24.4 Å². The average Bonchev–Trinajstić information content (AvgIpc) is 2.71. The number of carbonyl (C=O) groups is 1. The highest BCUT2D eigenvalue weighted by molar-refractivity contribution is 5.96. The van der Waals surface area contributed by atoms with Crippen LogP contribution in [-0.2, 0) is 0 Å². The van der Waals surface area contributed by atoms with Gasteiger partial charge in [-0.25, -0.2) is 5.43 Å². The van der Waals surface area contributed by atoms with Gasteiger partial charge in [-0.3, -0.25) is 4.79 Å². The maximum absolute atomic E-state index is 12.3. The minimum atomic E-state index is -0.431. The smallest absolute Gasteiger partial charge is 0.271 e. The number of nitrogens with one attached hydrogen (secondary N) is 1. The summed E-state index contributed by atoms with van der Waals surface area (Å²) in [4.78, 5) is 12.3. The van der Waals surface area contributed by atoms with Gasteiger partial charge < -0.3 is 18.9 Å². The molecule has 0 radical (unpaired) electrons. The molecule has 0 aliphatic heterocycles. The van der Waals surface area contributed by atoms with E-state index in [0.717, 1.165) is 5.56 Å². The normalized spacial score (nSPS) is 10.1. The number of hydrazone groups is 1. The van der Waals surface area contributed by atoms with Crippen molar-refractivity contribution in [1.82, 2.24) is 5.43 Å². The summed E-state index contributed by atoms with van der Waals surface area (Å²) in [6.45, 7) is -0.0156. The van der Waals surface area contributed by atoms with Gasteiger partial charge in [0.2, 0.25) is 5.75 Å². The van der Waals surface area contributed by atoms with Crippen LogP contribution in [0, 0.1) is 11.3 Å². The first-order chi connectivity index (χ1) is 13.1. The van der Waals surface area contributed by atoms with E-state index in [-0.39, 0.29) is 6.61 Å². The molecule has 1 N–H and O–H groups in total. The van der Waals surface area contributed by atoms with Crippen LogP contribution in [0.25, 0.3) is 0 Å². The van der Waals surface area contributed by atoms with E-state index in [1.165, 1.54) is 39.7 Å². The number of nitrogens with zero attached hydrogens (tertiary/aromatic N) is 2. The molecular weight excluding hydrogens is 350 g/mol. The van der Waals surface area contributed by atoms with Gasteiger partial charge in [0, 0.05) is 5.56 Å². The minimum absolute atomic E-state index is 0.0156. The number of carbonyl (C=O) groups excluding carboxylic acids is 1. The molecule has 140 valence electrons. The summed E-state index contributed by atoms with van der Waals surface area (Å²) in [5.41, 5.74) is 3.50. The third-order valence-electron chi connectivity index (χ3n) is 3.49. The number of hydrogen-bond acceptors (Lipinski definition) is 7. The van der Waals surface area contributed by atoms with Gasteiger partial charge in [0.25, 0.3) is 5.91 Å². The van der Waals surface area contributed by atoms with Crippen molar-refractivity contribution in [3.63, 3.8) is 0 Å². The molecule has 1 amide bonds. The molecule has 2 aromatic rings. The molecule has 0 aromatic heterocycles. The minimum Gasteiger partial charge on any atom is -0.493 e. The van der Waals surface area contributed by atoms with Gasteiger partial charge in [-0.05, 0) is 42.0 Å². The molecule has 2 rings (SSSR count). The summed E-state index contributed by atoms with van der Waals surface area (Å²) in [5.74, 6) is 1.30. The Labute approximate surface area is 156 Å². The number of nitriles is 1. The Hall–Kier alpha value is -3.73. The van der Waals surface area contributed by atoms with Crippen molar-refractivity contribution < 1.29 is 23.7 Å².